The van der Waals surface area contributed by atoms with Crippen LogP contribution in [0.4, 0.5) is 18.9 Å². The standard InChI is InChI=1S/C18H16F3N3O/c1-2-5-14-16(24-11-4-3-6-15(24)23-14)17(25)22-13-9-7-12(8-10-13)18(19,20)21/h3-4,6-11H,2,5H2,1H3,(H,22,25). The minimum atomic E-state index is -4.40. The van der Waals surface area contributed by atoms with Gasteiger partial charge in [0.15, 0.2) is 0 Å². The number of carbonyl (C=O) groups excluding carboxylic acids is 1. The lowest BCUT2D eigenvalue weighted by molar-refractivity contribution is -0.137. The molecule has 0 spiro atoms. The van der Waals surface area contributed by atoms with Crippen LogP contribution in [0.1, 0.15) is 35.1 Å². The molecule has 0 radical (unpaired) electrons. The van der Waals surface area contributed by atoms with Crippen molar-refractivity contribution in [3.05, 3.63) is 65.6 Å². The number of amides is 1. The summed E-state index contributed by atoms with van der Waals surface area (Å²) in [5.74, 6) is -0.401. The van der Waals surface area contributed by atoms with Gasteiger partial charge in [-0.05, 0) is 42.8 Å². The first-order valence-corrected chi connectivity index (χ1v) is 7.84. The maximum absolute atomic E-state index is 12.7. The smallest absolute Gasteiger partial charge is 0.321 e. The molecule has 2 aromatic heterocycles. The van der Waals surface area contributed by atoms with E-state index < -0.39 is 17.6 Å². The summed E-state index contributed by atoms with van der Waals surface area (Å²) in [6.45, 7) is 1.99. The third-order valence-electron chi connectivity index (χ3n) is 3.77. The highest BCUT2D eigenvalue weighted by molar-refractivity contribution is 6.04. The van der Waals surface area contributed by atoms with E-state index in [9.17, 15) is 18.0 Å². The number of pyridine rings is 1. The Balaban J connectivity index is 1.91. The summed E-state index contributed by atoms with van der Waals surface area (Å²) in [6.07, 6.45) is -1.20. The number of rotatable bonds is 4. The van der Waals surface area contributed by atoms with E-state index in [-0.39, 0.29) is 0 Å². The zero-order valence-electron chi connectivity index (χ0n) is 13.5. The van der Waals surface area contributed by atoms with Crippen LogP contribution < -0.4 is 5.32 Å². The van der Waals surface area contributed by atoms with Gasteiger partial charge in [0.2, 0.25) is 0 Å². The van der Waals surface area contributed by atoms with Crippen LogP contribution in [0.5, 0.6) is 0 Å². The van der Waals surface area contributed by atoms with Crippen molar-refractivity contribution >= 4 is 17.2 Å². The van der Waals surface area contributed by atoms with Crippen LogP contribution in [0.25, 0.3) is 5.65 Å². The number of hydrogen-bond donors (Lipinski definition) is 1. The molecule has 1 N–H and O–H groups in total. The summed E-state index contributed by atoms with van der Waals surface area (Å²) >= 11 is 0. The van der Waals surface area contributed by atoms with Crippen molar-refractivity contribution < 1.29 is 18.0 Å². The van der Waals surface area contributed by atoms with E-state index in [2.05, 4.69) is 10.3 Å². The van der Waals surface area contributed by atoms with Crippen molar-refractivity contribution in [3.63, 3.8) is 0 Å². The van der Waals surface area contributed by atoms with E-state index in [1.807, 2.05) is 13.0 Å². The molecule has 0 fully saturated rings. The number of fused-ring (bicyclic) bond motifs is 1. The average molecular weight is 347 g/mol. The van der Waals surface area contributed by atoms with E-state index in [1.165, 1.54) is 12.1 Å². The summed E-state index contributed by atoms with van der Waals surface area (Å²) in [6, 6.07) is 9.78. The number of carbonyl (C=O) groups is 1. The fourth-order valence-electron chi connectivity index (χ4n) is 2.63. The predicted octanol–water partition coefficient (Wildman–Crippen LogP) is 4.56. The number of aromatic nitrogens is 2. The summed E-state index contributed by atoms with van der Waals surface area (Å²) in [5, 5.41) is 2.65. The van der Waals surface area contributed by atoms with Gasteiger partial charge in [0, 0.05) is 11.9 Å². The lowest BCUT2D eigenvalue weighted by atomic mass is 10.2. The molecule has 0 aliphatic heterocycles. The van der Waals surface area contributed by atoms with Crippen molar-refractivity contribution in [2.45, 2.75) is 25.9 Å². The fraction of sp³-hybridized carbons (Fsp3) is 0.222. The van der Waals surface area contributed by atoms with Crippen LogP contribution in [0.2, 0.25) is 0 Å². The molecule has 25 heavy (non-hydrogen) atoms. The Morgan fingerprint density at radius 1 is 1.16 bits per heavy atom. The molecular formula is C18H16F3N3O. The van der Waals surface area contributed by atoms with Crippen LogP contribution in [-0.4, -0.2) is 15.3 Å². The lowest BCUT2D eigenvalue weighted by Gasteiger charge is -2.09. The first-order chi connectivity index (χ1) is 11.9. The first-order valence-electron chi connectivity index (χ1n) is 7.84. The topological polar surface area (TPSA) is 46.4 Å². The molecule has 7 heteroatoms. The highest BCUT2D eigenvalue weighted by Crippen LogP contribution is 2.30. The van der Waals surface area contributed by atoms with Crippen molar-refractivity contribution in [2.75, 3.05) is 5.32 Å². The Bertz CT molecular complexity index is 898. The second-order valence-corrected chi connectivity index (χ2v) is 5.62. The number of alkyl halides is 3. The third-order valence-corrected chi connectivity index (χ3v) is 3.77. The van der Waals surface area contributed by atoms with Gasteiger partial charge < -0.3 is 5.32 Å². The maximum Gasteiger partial charge on any atom is 0.416 e. The number of imidazole rings is 1. The quantitative estimate of drug-likeness (QED) is 0.752. The fourth-order valence-corrected chi connectivity index (χ4v) is 2.63. The number of hydrogen-bond acceptors (Lipinski definition) is 2. The van der Waals surface area contributed by atoms with E-state index in [0.717, 1.165) is 18.6 Å². The minimum Gasteiger partial charge on any atom is -0.321 e. The molecule has 1 amide bonds. The van der Waals surface area contributed by atoms with E-state index in [4.69, 9.17) is 0 Å². The number of anilines is 1. The molecule has 0 atom stereocenters. The molecular weight excluding hydrogens is 331 g/mol. The van der Waals surface area contributed by atoms with Crippen LogP contribution in [0.3, 0.4) is 0 Å². The van der Waals surface area contributed by atoms with E-state index >= 15 is 0 Å². The Hall–Kier alpha value is -2.83. The highest BCUT2D eigenvalue weighted by Gasteiger charge is 2.30. The molecule has 4 nitrogen and oxygen atoms in total. The Morgan fingerprint density at radius 2 is 1.88 bits per heavy atom. The molecule has 0 aliphatic carbocycles. The molecule has 2 heterocycles. The van der Waals surface area contributed by atoms with Gasteiger partial charge in [-0.1, -0.05) is 19.4 Å². The molecule has 0 saturated carbocycles. The van der Waals surface area contributed by atoms with Crippen molar-refractivity contribution in [2.24, 2.45) is 0 Å². The van der Waals surface area contributed by atoms with Crippen LogP contribution in [0.15, 0.2) is 48.7 Å². The summed E-state index contributed by atoms with van der Waals surface area (Å²) in [4.78, 5) is 17.1. The van der Waals surface area contributed by atoms with Gasteiger partial charge >= 0.3 is 6.18 Å². The zero-order valence-corrected chi connectivity index (χ0v) is 13.5. The zero-order chi connectivity index (χ0) is 18.0. The van der Waals surface area contributed by atoms with Gasteiger partial charge in [0.1, 0.15) is 11.3 Å². The van der Waals surface area contributed by atoms with Crippen molar-refractivity contribution in [1.29, 1.82) is 0 Å². The van der Waals surface area contributed by atoms with Crippen LogP contribution in [-0.2, 0) is 12.6 Å². The molecule has 0 bridgehead atoms. The van der Waals surface area contributed by atoms with Gasteiger partial charge in [-0.25, -0.2) is 4.98 Å². The Kier molecular flexibility index (Phi) is 4.48. The second kappa shape index (κ2) is 6.58. The number of aryl methyl sites for hydroxylation is 1. The molecule has 1 aromatic carbocycles. The molecule has 0 saturated heterocycles. The monoisotopic (exact) mass is 347 g/mol. The summed E-state index contributed by atoms with van der Waals surface area (Å²) in [5.41, 5.74) is 1.26. The number of nitrogens with one attached hydrogen (secondary N) is 1. The summed E-state index contributed by atoms with van der Waals surface area (Å²) in [7, 11) is 0. The maximum atomic E-state index is 12.7. The molecule has 0 unspecified atom stereocenters. The van der Waals surface area contributed by atoms with E-state index in [1.54, 1.807) is 22.7 Å². The molecule has 130 valence electrons. The second-order valence-electron chi connectivity index (χ2n) is 5.62. The first kappa shape index (κ1) is 17.0. The molecule has 0 aliphatic rings. The van der Waals surface area contributed by atoms with Gasteiger partial charge in [0.05, 0.1) is 11.3 Å². The highest BCUT2D eigenvalue weighted by atomic mass is 19.4. The summed E-state index contributed by atoms with van der Waals surface area (Å²) < 4.78 is 39.5. The van der Waals surface area contributed by atoms with Gasteiger partial charge in [-0.15, -0.1) is 0 Å². The van der Waals surface area contributed by atoms with Crippen molar-refractivity contribution in [3.8, 4) is 0 Å². The van der Waals surface area contributed by atoms with Crippen LogP contribution in [0, 0.1) is 0 Å². The Morgan fingerprint density at radius 3 is 2.52 bits per heavy atom. The van der Waals surface area contributed by atoms with Gasteiger partial charge in [-0.2, -0.15) is 13.2 Å². The predicted molar refractivity (Wildman–Crippen MR) is 88.6 cm³/mol. The SMILES string of the molecule is CCCc1nc2ccccn2c1C(=O)Nc1ccc(C(F)(F)F)cc1. The molecule has 3 rings (SSSR count). The number of halogens is 3. The van der Waals surface area contributed by atoms with Gasteiger partial charge in [0.25, 0.3) is 5.91 Å². The normalized spacial score (nSPS) is 11.7. The van der Waals surface area contributed by atoms with Crippen LogP contribution >= 0.6 is 0 Å². The largest absolute Gasteiger partial charge is 0.416 e. The Labute approximate surface area is 142 Å². The third kappa shape index (κ3) is 3.50. The van der Waals surface area contributed by atoms with E-state index in [0.29, 0.717) is 29.1 Å². The van der Waals surface area contributed by atoms with Gasteiger partial charge in [-0.3, -0.25) is 9.20 Å². The number of benzene rings is 1. The molecule has 3 aromatic rings. The number of nitrogens with zero attached hydrogens (tertiary/aromatic N) is 2. The average Bonchev–Trinajstić information content (AvgIpc) is 2.93. The minimum absolute atomic E-state index is 0.298. The lowest BCUT2D eigenvalue weighted by Crippen LogP contribution is -2.16. The van der Waals surface area contributed by atoms with Crippen molar-refractivity contribution in [1.82, 2.24) is 9.38 Å².